The fourth-order valence-corrected chi connectivity index (χ4v) is 3.86. The molecular formula is C11H21NO5S. The van der Waals surface area contributed by atoms with Gasteiger partial charge in [-0.2, -0.15) is 0 Å². The van der Waals surface area contributed by atoms with Gasteiger partial charge in [0.05, 0.1) is 23.7 Å². The second-order valence-corrected chi connectivity index (χ2v) is 7.94. The Kier molecular flexibility index (Phi) is 4.27. The normalized spacial score (nSPS) is 27.6. The van der Waals surface area contributed by atoms with E-state index < -0.39 is 33.7 Å². The molecule has 1 heterocycles. The molecular weight excluding hydrogens is 258 g/mol. The Bertz CT molecular complexity index is 412. The van der Waals surface area contributed by atoms with Crippen molar-refractivity contribution >= 4 is 15.9 Å². The van der Waals surface area contributed by atoms with Crippen LogP contribution in [0.15, 0.2) is 0 Å². The summed E-state index contributed by atoms with van der Waals surface area (Å²) in [7, 11) is -3.22. The topological polar surface area (TPSA) is 92.7 Å². The van der Waals surface area contributed by atoms with E-state index in [1.54, 1.807) is 20.8 Å². The Morgan fingerprint density at radius 1 is 1.44 bits per heavy atom. The SMILES string of the molecule is CC(C)(C)OC(=O)NC1(CO)CCCS(=O)(=O)C1. The fourth-order valence-electron chi connectivity index (χ4n) is 1.98. The van der Waals surface area contributed by atoms with Crippen molar-refractivity contribution in [3.8, 4) is 0 Å². The molecule has 7 heteroatoms. The van der Waals surface area contributed by atoms with Crippen LogP contribution in [0.25, 0.3) is 0 Å². The van der Waals surface area contributed by atoms with Gasteiger partial charge in [-0.25, -0.2) is 13.2 Å². The lowest BCUT2D eigenvalue weighted by atomic mass is 9.97. The minimum atomic E-state index is -3.22. The first-order valence-corrected chi connectivity index (χ1v) is 7.72. The summed E-state index contributed by atoms with van der Waals surface area (Å²) < 4.78 is 28.3. The van der Waals surface area contributed by atoms with Crippen LogP contribution in [0.1, 0.15) is 33.6 Å². The first-order chi connectivity index (χ1) is 8.08. The van der Waals surface area contributed by atoms with E-state index in [0.29, 0.717) is 12.8 Å². The molecule has 6 nitrogen and oxygen atoms in total. The Labute approximate surface area is 108 Å². The summed E-state index contributed by atoms with van der Waals surface area (Å²) in [4.78, 5) is 11.7. The maximum absolute atomic E-state index is 11.7. The van der Waals surface area contributed by atoms with Crippen LogP contribution in [0.2, 0.25) is 0 Å². The molecule has 0 aromatic carbocycles. The maximum Gasteiger partial charge on any atom is 0.408 e. The number of aliphatic hydroxyl groups excluding tert-OH is 1. The third-order valence-electron chi connectivity index (χ3n) is 2.68. The number of amides is 1. The molecule has 1 fully saturated rings. The number of carbonyl (C=O) groups excluding carboxylic acids is 1. The van der Waals surface area contributed by atoms with Crippen LogP contribution in [-0.4, -0.2) is 48.9 Å². The zero-order chi connectivity index (χ0) is 14.0. The highest BCUT2D eigenvalue weighted by molar-refractivity contribution is 7.91. The molecule has 0 aromatic heterocycles. The number of hydrogen-bond acceptors (Lipinski definition) is 5. The standard InChI is InChI=1S/C11H21NO5S/c1-10(2,3)17-9(14)12-11(7-13)5-4-6-18(15,16)8-11/h13H,4-8H2,1-3H3,(H,12,14). The molecule has 1 unspecified atom stereocenters. The molecule has 18 heavy (non-hydrogen) atoms. The molecule has 1 aliphatic rings. The predicted octanol–water partition coefficient (Wildman–Crippen LogP) is 0.451. The highest BCUT2D eigenvalue weighted by Crippen LogP contribution is 2.23. The lowest BCUT2D eigenvalue weighted by Gasteiger charge is -2.36. The van der Waals surface area contributed by atoms with Gasteiger partial charge in [0.2, 0.25) is 0 Å². The quantitative estimate of drug-likeness (QED) is 0.765. The Morgan fingerprint density at radius 2 is 2.06 bits per heavy atom. The number of sulfone groups is 1. The largest absolute Gasteiger partial charge is 0.444 e. The Morgan fingerprint density at radius 3 is 2.50 bits per heavy atom. The zero-order valence-electron chi connectivity index (χ0n) is 11.0. The van der Waals surface area contributed by atoms with E-state index in [2.05, 4.69) is 5.32 Å². The first-order valence-electron chi connectivity index (χ1n) is 5.90. The maximum atomic E-state index is 11.7. The van der Waals surface area contributed by atoms with E-state index in [0.717, 1.165) is 0 Å². The minimum absolute atomic E-state index is 0.102. The number of alkyl carbamates (subject to hydrolysis) is 1. The van der Waals surface area contributed by atoms with E-state index in [1.165, 1.54) is 0 Å². The highest BCUT2D eigenvalue weighted by atomic mass is 32.2. The average Bonchev–Trinajstić information content (AvgIpc) is 2.12. The second kappa shape index (κ2) is 5.05. The van der Waals surface area contributed by atoms with Crippen LogP contribution in [0.3, 0.4) is 0 Å². The number of hydrogen-bond donors (Lipinski definition) is 2. The van der Waals surface area contributed by atoms with Gasteiger partial charge >= 0.3 is 6.09 Å². The van der Waals surface area contributed by atoms with Gasteiger partial charge in [0, 0.05) is 0 Å². The molecule has 0 saturated carbocycles. The van der Waals surface area contributed by atoms with Crippen molar-refractivity contribution in [2.45, 2.75) is 44.8 Å². The smallest absolute Gasteiger partial charge is 0.408 e. The summed E-state index contributed by atoms with van der Waals surface area (Å²) >= 11 is 0. The minimum Gasteiger partial charge on any atom is -0.444 e. The van der Waals surface area contributed by atoms with Crippen LogP contribution in [0, 0.1) is 0 Å². The third-order valence-corrected chi connectivity index (χ3v) is 4.58. The van der Waals surface area contributed by atoms with Crippen LogP contribution < -0.4 is 5.32 Å². The molecule has 0 radical (unpaired) electrons. The number of carbonyl (C=O) groups is 1. The number of aliphatic hydroxyl groups is 1. The molecule has 0 spiro atoms. The monoisotopic (exact) mass is 279 g/mol. The van der Waals surface area contributed by atoms with E-state index >= 15 is 0 Å². The van der Waals surface area contributed by atoms with E-state index in [-0.39, 0.29) is 11.5 Å². The summed E-state index contributed by atoms with van der Waals surface area (Å²) in [6, 6.07) is 0. The van der Waals surface area contributed by atoms with E-state index in [9.17, 15) is 18.3 Å². The van der Waals surface area contributed by atoms with Gasteiger partial charge in [0.1, 0.15) is 5.60 Å². The molecule has 106 valence electrons. The third kappa shape index (κ3) is 4.45. The van der Waals surface area contributed by atoms with Gasteiger partial charge in [-0.15, -0.1) is 0 Å². The Hall–Kier alpha value is -0.820. The summed E-state index contributed by atoms with van der Waals surface area (Å²) in [6.45, 7) is 4.74. The van der Waals surface area contributed by atoms with Gasteiger partial charge in [-0.05, 0) is 33.6 Å². The van der Waals surface area contributed by atoms with Gasteiger partial charge < -0.3 is 15.2 Å². The van der Waals surface area contributed by atoms with E-state index in [4.69, 9.17) is 4.74 Å². The molecule has 1 amide bonds. The highest BCUT2D eigenvalue weighted by Gasteiger charge is 2.40. The van der Waals surface area contributed by atoms with Crippen molar-refractivity contribution in [2.24, 2.45) is 0 Å². The summed E-state index contributed by atoms with van der Waals surface area (Å²) in [5.74, 6) is -0.138. The summed E-state index contributed by atoms with van der Waals surface area (Å²) in [5, 5.41) is 11.9. The van der Waals surface area contributed by atoms with Crippen molar-refractivity contribution < 1.29 is 23.1 Å². The molecule has 0 bridgehead atoms. The van der Waals surface area contributed by atoms with Crippen LogP contribution >= 0.6 is 0 Å². The summed E-state index contributed by atoms with van der Waals surface area (Å²) in [5.41, 5.74) is -1.77. The van der Waals surface area contributed by atoms with E-state index in [1.807, 2.05) is 0 Å². The zero-order valence-corrected chi connectivity index (χ0v) is 11.8. The number of ether oxygens (including phenoxy) is 1. The van der Waals surface area contributed by atoms with Gasteiger partial charge in [-0.1, -0.05) is 0 Å². The van der Waals surface area contributed by atoms with Crippen molar-refractivity contribution in [1.82, 2.24) is 5.32 Å². The second-order valence-electron chi connectivity index (χ2n) is 5.76. The molecule has 1 aliphatic heterocycles. The molecule has 1 rings (SSSR count). The first kappa shape index (κ1) is 15.2. The number of nitrogens with one attached hydrogen (secondary N) is 1. The molecule has 1 atom stereocenters. The number of rotatable bonds is 2. The van der Waals surface area contributed by atoms with Crippen molar-refractivity contribution in [2.75, 3.05) is 18.1 Å². The van der Waals surface area contributed by atoms with Crippen LogP contribution in [-0.2, 0) is 14.6 Å². The van der Waals surface area contributed by atoms with Crippen molar-refractivity contribution in [3.05, 3.63) is 0 Å². The van der Waals surface area contributed by atoms with Crippen molar-refractivity contribution in [1.29, 1.82) is 0 Å². The van der Waals surface area contributed by atoms with Gasteiger partial charge in [0.15, 0.2) is 9.84 Å². The summed E-state index contributed by atoms with van der Waals surface area (Å²) in [6.07, 6.45) is 0.161. The lowest BCUT2D eigenvalue weighted by molar-refractivity contribution is 0.0406. The molecule has 1 saturated heterocycles. The van der Waals surface area contributed by atoms with Crippen molar-refractivity contribution in [3.63, 3.8) is 0 Å². The predicted molar refractivity (Wildman–Crippen MR) is 67.1 cm³/mol. The van der Waals surface area contributed by atoms with Gasteiger partial charge in [0.25, 0.3) is 0 Å². The average molecular weight is 279 g/mol. The molecule has 0 aromatic rings. The van der Waals surface area contributed by atoms with Gasteiger partial charge in [-0.3, -0.25) is 0 Å². The van der Waals surface area contributed by atoms with Crippen LogP contribution in [0.5, 0.6) is 0 Å². The van der Waals surface area contributed by atoms with Crippen LogP contribution in [0.4, 0.5) is 4.79 Å². The lowest BCUT2D eigenvalue weighted by Crippen LogP contribution is -2.58. The molecule has 2 N–H and O–H groups in total. The fraction of sp³-hybridized carbons (Fsp3) is 0.909. The Balaban J connectivity index is 2.75. The molecule has 0 aliphatic carbocycles.